The van der Waals surface area contributed by atoms with Gasteiger partial charge in [0.05, 0.1) is 22.7 Å². The van der Waals surface area contributed by atoms with Gasteiger partial charge in [-0.15, -0.1) is 0 Å². The number of hydrogen-bond donors (Lipinski definition) is 1. The maximum absolute atomic E-state index is 6.09. The summed E-state index contributed by atoms with van der Waals surface area (Å²) in [5.41, 5.74) is 8.06. The highest BCUT2D eigenvalue weighted by Crippen LogP contribution is 2.39. The Labute approximate surface area is 133 Å². The van der Waals surface area contributed by atoms with Gasteiger partial charge in [-0.05, 0) is 42.6 Å². The van der Waals surface area contributed by atoms with Crippen LogP contribution in [0.1, 0.15) is 57.2 Å². The van der Waals surface area contributed by atoms with Gasteiger partial charge in [0.1, 0.15) is 11.5 Å². The Morgan fingerprint density at radius 2 is 2.00 bits per heavy atom. The molecule has 1 aliphatic rings. The molecule has 0 aromatic carbocycles. The fraction of sp³-hybridized carbons (Fsp3) is 0.533. The van der Waals surface area contributed by atoms with Crippen molar-refractivity contribution in [1.29, 1.82) is 0 Å². The van der Waals surface area contributed by atoms with Crippen molar-refractivity contribution in [2.45, 2.75) is 51.5 Å². The fourth-order valence-corrected chi connectivity index (χ4v) is 3.46. The molecule has 6 heteroatoms. The van der Waals surface area contributed by atoms with Crippen molar-refractivity contribution >= 4 is 21.7 Å². The van der Waals surface area contributed by atoms with E-state index in [1.54, 1.807) is 6.20 Å². The SMILES string of the molecule is CC(C)n1cncc1-c1nc(N)c(Br)c(C2CCCC2)n1. The minimum Gasteiger partial charge on any atom is -0.383 e. The monoisotopic (exact) mass is 349 g/mol. The molecule has 1 saturated carbocycles. The van der Waals surface area contributed by atoms with E-state index in [0.29, 0.717) is 23.6 Å². The summed E-state index contributed by atoms with van der Waals surface area (Å²) in [5.74, 6) is 1.67. The van der Waals surface area contributed by atoms with Crippen molar-refractivity contribution in [2.75, 3.05) is 5.73 Å². The summed E-state index contributed by atoms with van der Waals surface area (Å²) < 4.78 is 2.93. The van der Waals surface area contributed by atoms with E-state index in [2.05, 4.69) is 44.3 Å². The molecular weight excluding hydrogens is 330 g/mol. The molecule has 0 unspecified atom stereocenters. The summed E-state index contributed by atoms with van der Waals surface area (Å²) >= 11 is 3.56. The van der Waals surface area contributed by atoms with Crippen LogP contribution >= 0.6 is 15.9 Å². The van der Waals surface area contributed by atoms with Crippen molar-refractivity contribution in [1.82, 2.24) is 19.5 Å². The Bertz CT molecular complexity index is 644. The van der Waals surface area contributed by atoms with E-state index in [9.17, 15) is 0 Å². The van der Waals surface area contributed by atoms with Crippen LogP contribution in [-0.2, 0) is 0 Å². The number of anilines is 1. The molecule has 0 spiro atoms. The standard InChI is InChI=1S/C15H20BrN5/c1-9(2)21-8-18-7-11(21)15-19-13(10-5-3-4-6-10)12(16)14(17)20-15/h7-10H,3-6H2,1-2H3,(H2,17,19,20). The molecule has 21 heavy (non-hydrogen) atoms. The number of nitrogens with two attached hydrogens (primary N) is 1. The maximum Gasteiger partial charge on any atom is 0.180 e. The molecule has 0 radical (unpaired) electrons. The molecule has 112 valence electrons. The minimum absolute atomic E-state index is 0.311. The first-order chi connectivity index (χ1) is 10.1. The van der Waals surface area contributed by atoms with E-state index in [4.69, 9.17) is 10.7 Å². The summed E-state index contributed by atoms with van der Waals surface area (Å²) in [6.07, 6.45) is 8.51. The second kappa shape index (κ2) is 5.75. The molecule has 1 aliphatic carbocycles. The zero-order chi connectivity index (χ0) is 15.0. The number of nitrogens with zero attached hydrogens (tertiary/aromatic N) is 4. The van der Waals surface area contributed by atoms with Crippen molar-refractivity contribution in [3.05, 3.63) is 22.7 Å². The molecule has 2 N–H and O–H groups in total. The quantitative estimate of drug-likeness (QED) is 0.911. The van der Waals surface area contributed by atoms with Gasteiger partial charge in [-0.2, -0.15) is 0 Å². The van der Waals surface area contributed by atoms with Gasteiger partial charge in [0.2, 0.25) is 0 Å². The van der Waals surface area contributed by atoms with Gasteiger partial charge in [-0.3, -0.25) is 0 Å². The van der Waals surface area contributed by atoms with Crippen LogP contribution in [0.4, 0.5) is 5.82 Å². The number of aromatic nitrogens is 4. The van der Waals surface area contributed by atoms with E-state index in [1.165, 1.54) is 25.7 Å². The van der Waals surface area contributed by atoms with Crippen LogP contribution in [-0.4, -0.2) is 19.5 Å². The van der Waals surface area contributed by atoms with Gasteiger partial charge in [0.15, 0.2) is 5.82 Å². The highest BCUT2D eigenvalue weighted by atomic mass is 79.9. The number of hydrogen-bond acceptors (Lipinski definition) is 4. The Kier molecular flexibility index (Phi) is 3.97. The third kappa shape index (κ3) is 2.69. The van der Waals surface area contributed by atoms with E-state index in [1.807, 2.05) is 6.33 Å². The van der Waals surface area contributed by atoms with Crippen LogP contribution in [0.5, 0.6) is 0 Å². The van der Waals surface area contributed by atoms with Crippen LogP contribution in [0.2, 0.25) is 0 Å². The van der Waals surface area contributed by atoms with E-state index in [-0.39, 0.29) is 0 Å². The number of rotatable bonds is 3. The number of halogens is 1. The molecule has 1 fully saturated rings. The predicted octanol–water partition coefficient (Wildman–Crippen LogP) is 3.92. The lowest BCUT2D eigenvalue weighted by Gasteiger charge is -2.15. The summed E-state index contributed by atoms with van der Waals surface area (Å²) in [6.45, 7) is 4.23. The zero-order valence-corrected chi connectivity index (χ0v) is 14.0. The van der Waals surface area contributed by atoms with E-state index < -0.39 is 0 Å². The fourth-order valence-electron chi connectivity index (χ4n) is 2.96. The Balaban J connectivity index is 2.09. The molecule has 0 saturated heterocycles. The highest BCUT2D eigenvalue weighted by molar-refractivity contribution is 9.10. The summed E-state index contributed by atoms with van der Waals surface area (Å²) in [5, 5.41) is 0. The van der Waals surface area contributed by atoms with Crippen molar-refractivity contribution in [3.63, 3.8) is 0 Å². The molecule has 2 heterocycles. The van der Waals surface area contributed by atoms with Gasteiger partial charge in [0.25, 0.3) is 0 Å². The number of imidazole rings is 1. The van der Waals surface area contributed by atoms with Crippen LogP contribution in [0.25, 0.3) is 11.5 Å². The zero-order valence-electron chi connectivity index (χ0n) is 12.4. The Morgan fingerprint density at radius 3 is 2.67 bits per heavy atom. The number of nitrogen functional groups attached to an aromatic ring is 1. The van der Waals surface area contributed by atoms with Crippen LogP contribution < -0.4 is 5.73 Å². The van der Waals surface area contributed by atoms with Crippen LogP contribution in [0.3, 0.4) is 0 Å². The van der Waals surface area contributed by atoms with Gasteiger partial charge >= 0.3 is 0 Å². The molecule has 0 amide bonds. The molecule has 0 aliphatic heterocycles. The van der Waals surface area contributed by atoms with Crippen molar-refractivity contribution in [2.24, 2.45) is 0 Å². The average molecular weight is 350 g/mol. The average Bonchev–Trinajstić information content (AvgIpc) is 3.11. The smallest absolute Gasteiger partial charge is 0.180 e. The second-order valence-electron chi connectivity index (χ2n) is 5.89. The first kappa shape index (κ1) is 14.5. The largest absolute Gasteiger partial charge is 0.383 e. The third-order valence-corrected chi connectivity index (χ3v) is 4.91. The molecule has 3 rings (SSSR count). The Morgan fingerprint density at radius 1 is 1.29 bits per heavy atom. The molecule has 5 nitrogen and oxygen atoms in total. The van der Waals surface area contributed by atoms with Crippen molar-refractivity contribution < 1.29 is 0 Å². The van der Waals surface area contributed by atoms with Gasteiger partial charge < -0.3 is 10.3 Å². The molecule has 2 aromatic rings. The van der Waals surface area contributed by atoms with Crippen LogP contribution in [0, 0.1) is 0 Å². The van der Waals surface area contributed by atoms with Crippen LogP contribution in [0.15, 0.2) is 17.0 Å². The molecule has 0 bridgehead atoms. The minimum atomic E-state index is 0.311. The van der Waals surface area contributed by atoms with E-state index >= 15 is 0 Å². The first-order valence-corrected chi connectivity index (χ1v) is 8.22. The Hall–Kier alpha value is -1.43. The summed E-state index contributed by atoms with van der Waals surface area (Å²) in [7, 11) is 0. The molecule has 0 atom stereocenters. The highest BCUT2D eigenvalue weighted by Gasteiger charge is 2.24. The van der Waals surface area contributed by atoms with E-state index in [0.717, 1.165) is 15.9 Å². The summed E-state index contributed by atoms with van der Waals surface area (Å²) in [6, 6.07) is 0.311. The lowest BCUT2D eigenvalue weighted by atomic mass is 10.0. The normalized spacial score (nSPS) is 16.0. The van der Waals surface area contributed by atoms with Gasteiger partial charge in [0, 0.05) is 12.0 Å². The summed E-state index contributed by atoms with van der Waals surface area (Å²) in [4.78, 5) is 13.5. The second-order valence-corrected chi connectivity index (χ2v) is 6.69. The molecular formula is C15H20BrN5. The third-order valence-electron chi connectivity index (χ3n) is 4.10. The van der Waals surface area contributed by atoms with Gasteiger partial charge in [-0.1, -0.05) is 12.8 Å². The topological polar surface area (TPSA) is 69.6 Å². The lowest BCUT2D eigenvalue weighted by Crippen LogP contribution is -2.09. The molecule has 2 aromatic heterocycles. The lowest BCUT2D eigenvalue weighted by molar-refractivity contribution is 0.602. The predicted molar refractivity (Wildman–Crippen MR) is 87.0 cm³/mol. The first-order valence-electron chi connectivity index (χ1n) is 7.43. The van der Waals surface area contributed by atoms with Gasteiger partial charge in [-0.25, -0.2) is 15.0 Å². The van der Waals surface area contributed by atoms with Crippen molar-refractivity contribution in [3.8, 4) is 11.5 Å². The maximum atomic E-state index is 6.09.